The number of aryl methyl sites for hydroxylation is 1. The van der Waals surface area contributed by atoms with E-state index in [4.69, 9.17) is 11.6 Å². The van der Waals surface area contributed by atoms with Gasteiger partial charge in [-0.2, -0.15) is 0 Å². The first kappa shape index (κ1) is 16.0. The van der Waals surface area contributed by atoms with Crippen LogP contribution in [0.5, 0.6) is 0 Å². The minimum Gasteiger partial charge on any atom is -0.211 e. The molecule has 0 amide bonds. The SMILES string of the molecule is CCc1ccc(CCNS(=O)(=O)c2cccc(Cl)c2)cc1. The Morgan fingerprint density at radius 1 is 1.05 bits per heavy atom. The molecule has 112 valence electrons. The van der Waals surface area contributed by atoms with Crippen LogP contribution in [0.3, 0.4) is 0 Å². The maximum Gasteiger partial charge on any atom is 0.240 e. The van der Waals surface area contributed by atoms with Crippen molar-refractivity contribution in [2.24, 2.45) is 0 Å². The summed E-state index contributed by atoms with van der Waals surface area (Å²) in [5.41, 5.74) is 2.39. The Morgan fingerprint density at radius 3 is 2.33 bits per heavy atom. The van der Waals surface area contributed by atoms with E-state index in [-0.39, 0.29) is 4.90 Å². The van der Waals surface area contributed by atoms with E-state index in [9.17, 15) is 8.42 Å². The van der Waals surface area contributed by atoms with Gasteiger partial charge in [-0.05, 0) is 42.2 Å². The molecule has 1 N–H and O–H groups in total. The summed E-state index contributed by atoms with van der Waals surface area (Å²) in [4.78, 5) is 0.191. The number of sulfonamides is 1. The second-order valence-electron chi connectivity index (χ2n) is 4.78. The molecule has 0 spiro atoms. The molecule has 0 bridgehead atoms. The van der Waals surface area contributed by atoms with Gasteiger partial charge in [-0.15, -0.1) is 0 Å². The molecule has 2 aromatic carbocycles. The van der Waals surface area contributed by atoms with Gasteiger partial charge in [0.05, 0.1) is 4.90 Å². The molecule has 0 atom stereocenters. The normalized spacial score (nSPS) is 11.5. The molecule has 2 rings (SSSR count). The fourth-order valence-electron chi connectivity index (χ4n) is 1.99. The Labute approximate surface area is 131 Å². The van der Waals surface area contributed by atoms with E-state index in [1.54, 1.807) is 12.1 Å². The van der Waals surface area contributed by atoms with Gasteiger partial charge in [0.15, 0.2) is 0 Å². The summed E-state index contributed by atoms with van der Waals surface area (Å²) in [6.07, 6.45) is 1.66. The van der Waals surface area contributed by atoms with Gasteiger partial charge in [0, 0.05) is 11.6 Å². The quantitative estimate of drug-likeness (QED) is 0.885. The Morgan fingerprint density at radius 2 is 1.71 bits per heavy atom. The van der Waals surface area contributed by atoms with Crippen molar-refractivity contribution >= 4 is 21.6 Å². The number of benzene rings is 2. The zero-order chi connectivity index (χ0) is 15.3. The molecule has 0 aliphatic rings. The Hall–Kier alpha value is -1.36. The summed E-state index contributed by atoms with van der Waals surface area (Å²) >= 11 is 5.82. The fraction of sp³-hybridized carbons (Fsp3) is 0.250. The molecule has 0 saturated heterocycles. The lowest BCUT2D eigenvalue weighted by Gasteiger charge is -2.07. The van der Waals surface area contributed by atoms with Crippen LogP contribution in [-0.2, 0) is 22.9 Å². The average Bonchev–Trinajstić information content (AvgIpc) is 2.48. The van der Waals surface area contributed by atoms with E-state index in [0.29, 0.717) is 18.0 Å². The van der Waals surface area contributed by atoms with Gasteiger partial charge in [0.1, 0.15) is 0 Å². The molecule has 0 heterocycles. The summed E-state index contributed by atoms with van der Waals surface area (Å²) in [7, 11) is -3.50. The number of hydrogen-bond donors (Lipinski definition) is 1. The van der Waals surface area contributed by atoms with Crippen molar-refractivity contribution in [3.8, 4) is 0 Å². The van der Waals surface area contributed by atoms with E-state index in [2.05, 4.69) is 23.8 Å². The van der Waals surface area contributed by atoms with Crippen LogP contribution in [0.2, 0.25) is 5.02 Å². The maximum atomic E-state index is 12.1. The number of nitrogens with one attached hydrogen (secondary N) is 1. The second-order valence-corrected chi connectivity index (χ2v) is 6.98. The summed E-state index contributed by atoms with van der Waals surface area (Å²) in [5.74, 6) is 0. The molecular formula is C16H18ClNO2S. The minimum atomic E-state index is -3.50. The van der Waals surface area contributed by atoms with Crippen LogP contribution in [0.25, 0.3) is 0 Å². The highest BCUT2D eigenvalue weighted by atomic mass is 35.5. The minimum absolute atomic E-state index is 0.191. The highest BCUT2D eigenvalue weighted by Gasteiger charge is 2.13. The van der Waals surface area contributed by atoms with E-state index >= 15 is 0 Å². The van der Waals surface area contributed by atoms with Crippen molar-refractivity contribution < 1.29 is 8.42 Å². The van der Waals surface area contributed by atoms with E-state index in [1.807, 2.05) is 12.1 Å². The average molecular weight is 324 g/mol. The van der Waals surface area contributed by atoms with Gasteiger partial charge in [-0.25, -0.2) is 13.1 Å². The van der Waals surface area contributed by atoms with Crippen molar-refractivity contribution in [2.45, 2.75) is 24.7 Å². The molecule has 5 heteroatoms. The molecule has 0 saturated carbocycles. The maximum absolute atomic E-state index is 12.1. The van der Waals surface area contributed by atoms with Gasteiger partial charge < -0.3 is 0 Å². The first-order valence-corrected chi connectivity index (χ1v) is 8.70. The third kappa shape index (κ3) is 4.56. The van der Waals surface area contributed by atoms with Crippen molar-refractivity contribution in [1.82, 2.24) is 4.72 Å². The second kappa shape index (κ2) is 7.07. The van der Waals surface area contributed by atoms with E-state index < -0.39 is 10.0 Å². The lowest BCUT2D eigenvalue weighted by Crippen LogP contribution is -2.26. The third-order valence-electron chi connectivity index (χ3n) is 3.24. The first-order chi connectivity index (χ1) is 10.0. The predicted octanol–water partition coefficient (Wildman–Crippen LogP) is 3.42. The summed E-state index contributed by atoms with van der Waals surface area (Å²) < 4.78 is 26.8. The molecule has 2 aromatic rings. The topological polar surface area (TPSA) is 46.2 Å². The Balaban J connectivity index is 1.95. The van der Waals surface area contributed by atoms with Crippen molar-refractivity contribution in [3.63, 3.8) is 0 Å². The number of halogens is 1. The van der Waals surface area contributed by atoms with Crippen LogP contribution < -0.4 is 4.72 Å². The molecule has 0 fully saturated rings. The lowest BCUT2D eigenvalue weighted by molar-refractivity contribution is 0.581. The van der Waals surface area contributed by atoms with Crippen molar-refractivity contribution in [3.05, 3.63) is 64.7 Å². The molecule has 3 nitrogen and oxygen atoms in total. The number of hydrogen-bond acceptors (Lipinski definition) is 2. The van der Waals surface area contributed by atoms with Crippen LogP contribution in [0.15, 0.2) is 53.4 Å². The molecule has 21 heavy (non-hydrogen) atoms. The van der Waals surface area contributed by atoms with Crippen LogP contribution in [-0.4, -0.2) is 15.0 Å². The zero-order valence-corrected chi connectivity index (χ0v) is 13.4. The van der Waals surface area contributed by atoms with Gasteiger partial charge >= 0.3 is 0 Å². The predicted molar refractivity (Wildman–Crippen MR) is 86.2 cm³/mol. The third-order valence-corrected chi connectivity index (χ3v) is 4.94. The van der Waals surface area contributed by atoms with E-state index in [0.717, 1.165) is 12.0 Å². The Bertz CT molecular complexity index is 696. The van der Waals surface area contributed by atoms with E-state index in [1.165, 1.54) is 17.7 Å². The van der Waals surface area contributed by atoms with Crippen LogP contribution in [0.1, 0.15) is 18.1 Å². The zero-order valence-electron chi connectivity index (χ0n) is 11.8. The largest absolute Gasteiger partial charge is 0.240 e. The standard InChI is InChI=1S/C16H18ClNO2S/c1-2-13-6-8-14(9-7-13)10-11-18-21(19,20)16-5-3-4-15(17)12-16/h3-9,12,18H,2,10-11H2,1H3. The van der Waals surface area contributed by atoms with Crippen LogP contribution >= 0.6 is 11.6 Å². The highest BCUT2D eigenvalue weighted by Crippen LogP contribution is 2.15. The smallest absolute Gasteiger partial charge is 0.211 e. The van der Waals surface area contributed by atoms with Gasteiger partial charge in [0.25, 0.3) is 0 Å². The van der Waals surface area contributed by atoms with Crippen molar-refractivity contribution in [1.29, 1.82) is 0 Å². The molecule has 0 aliphatic carbocycles. The summed E-state index contributed by atoms with van der Waals surface area (Å²) in [6.45, 7) is 2.47. The van der Waals surface area contributed by atoms with Gasteiger partial charge in [-0.3, -0.25) is 0 Å². The van der Waals surface area contributed by atoms with Gasteiger partial charge in [-0.1, -0.05) is 48.9 Å². The van der Waals surface area contributed by atoms with Crippen molar-refractivity contribution in [2.75, 3.05) is 6.54 Å². The van der Waals surface area contributed by atoms with Crippen LogP contribution in [0, 0.1) is 0 Å². The lowest BCUT2D eigenvalue weighted by atomic mass is 10.1. The first-order valence-electron chi connectivity index (χ1n) is 6.84. The molecule has 0 radical (unpaired) electrons. The highest BCUT2D eigenvalue weighted by molar-refractivity contribution is 7.89. The summed E-state index contributed by atoms with van der Waals surface area (Å²) in [5, 5.41) is 0.410. The molecular weight excluding hydrogens is 306 g/mol. The van der Waals surface area contributed by atoms with Gasteiger partial charge in [0.2, 0.25) is 10.0 Å². The van der Waals surface area contributed by atoms with Crippen LogP contribution in [0.4, 0.5) is 0 Å². The fourth-order valence-corrected chi connectivity index (χ4v) is 3.32. The Kier molecular flexibility index (Phi) is 5.39. The monoisotopic (exact) mass is 323 g/mol. The number of rotatable bonds is 6. The molecule has 0 aromatic heterocycles. The molecule has 0 aliphatic heterocycles. The molecule has 0 unspecified atom stereocenters. The summed E-state index contributed by atoms with van der Waals surface area (Å²) in [6, 6.07) is 14.5.